The summed E-state index contributed by atoms with van der Waals surface area (Å²) in [7, 11) is 4.21. The van der Waals surface area contributed by atoms with Crippen LogP contribution in [0.5, 0.6) is 5.75 Å². The molecule has 1 aliphatic heterocycles. The monoisotopic (exact) mass is 509 g/mol. The highest BCUT2D eigenvalue weighted by molar-refractivity contribution is 5.99. The number of benzene rings is 4. The van der Waals surface area contributed by atoms with Crippen molar-refractivity contribution in [2.75, 3.05) is 37.0 Å². The predicted octanol–water partition coefficient (Wildman–Crippen LogP) is 7.74. The van der Waals surface area contributed by atoms with E-state index in [-0.39, 0.29) is 0 Å². The Bertz CT molecular complexity index is 1710. The number of fused-ring (bicyclic) bond motifs is 11. The lowest BCUT2D eigenvalue weighted by Gasteiger charge is -2.38. The molecule has 1 N–H and O–H groups in total. The van der Waals surface area contributed by atoms with Crippen LogP contribution in [0.2, 0.25) is 0 Å². The number of H-pyrrole nitrogens is 1. The Morgan fingerprint density at radius 1 is 0.744 bits per heavy atom. The maximum absolute atomic E-state index is 7.24. The van der Waals surface area contributed by atoms with Gasteiger partial charge < -0.3 is 19.5 Å². The van der Waals surface area contributed by atoms with Crippen LogP contribution in [0.15, 0.2) is 110 Å². The Kier molecular flexibility index (Phi) is 5.21. The molecule has 1 aliphatic carbocycles. The summed E-state index contributed by atoms with van der Waals surface area (Å²) in [6.07, 6.45) is 3.87. The summed E-state index contributed by atoms with van der Waals surface area (Å²) in [6, 6.07) is 30.5. The fourth-order valence-corrected chi connectivity index (χ4v) is 6.41. The Labute approximate surface area is 229 Å². The van der Waals surface area contributed by atoms with Crippen molar-refractivity contribution in [2.24, 2.45) is 0 Å². The van der Waals surface area contributed by atoms with E-state index in [9.17, 15) is 0 Å². The first-order valence-corrected chi connectivity index (χ1v) is 13.4. The van der Waals surface area contributed by atoms with E-state index in [0.29, 0.717) is 0 Å². The number of nitrogens with one attached hydrogen (secondary N) is 1. The van der Waals surface area contributed by atoms with Crippen LogP contribution in [0.1, 0.15) is 16.7 Å². The van der Waals surface area contributed by atoms with E-state index >= 15 is 0 Å². The molecule has 0 saturated carbocycles. The van der Waals surface area contributed by atoms with Crippen molar-refractivity contribution in [3.8, 4) is 28.1 Å². The van der Waals surface area contributed by atoms with E-state index in [1.807, 2.05) is 12.2 Å². The van der Waals surface area contributed by atoms with Gasteiger partial charge in [-0.2, -0.15) is 0 Å². The Morgan fingerprint density at radius 2 is 1.33 bits per heavy atom. The maximum Gasteiger partial charge on any atom is 0.188 e. The largest absolute Gasteiger partial charge is 0.472 e. The highest BCUT2D eigenvalue weighted by atomic mass is 16.5. The third kappa shape index (κ3) is 3.24. The maximum atomic E-state index is 7.24. The van der Waals surface area contributed by atoms with Crippen molar-refractivity contribution in [1.29, 1.82) is 0 Å². The van der Waals surface area contributed by atoms with E-state index in [1.54, 1.807) is 0 Å². The lowest BCUT2D eigenvalue weighted by molar-refractivity contribution is 0.158. The molecule has 1 aromatic heterocycles. The SMILES string of the molecule is C=CCN(C)c1ccc2c(c1)-c1cc(N(C)CC=C)ccc1C21Oc2ccccc2-c2[nH]c3ccccc3c21. The van der Waals surface area contributed by atoms with Gasteiger partial charge in [-0.15, -0.1) is 13.2 Å². The van der Waals surface area contributed by atoms with Gasteiger partial charge in [0.15, 0.2) is 5.60 Å². The van der Waals surface area contributed by atoms with Crippen LogP contribution >= 0.6 is 0 Å². The van der Waals surface area contributed by atoms with Gasteiger partial charge >= 0.3 is 0 Å². The zero-order valence-corrected chi connectivity index (χ0v) is 22.4. The molecule has 4 nitrogen and oxygen atoms in total. The topological polar surface area (TPSA) is 31.5 Å². The predicted molar refractivity (Wildman–Crippen MR) is 163 cm³/mol. The van der Waals surface area contributed by atoms with Gasteiger partial charge in [0, 0.05) is 71.7 Å². The number of ether oxygens (including phenoxy) is 1. The van der Waals surface area contributed by atoms with E-state index in [2.05, 4.69) is 127 Å². The highest BCUT2D eigenvalue weighted by Crippen LogP contribution is 2.60. The van der Waals surface area contributed by atoms with E-state index in [4.69, 9.17) is 4.74 Å². The molecule has 0 unspecified atom stereocenters. The number of hydrogen-bond acceptors (Lipinski definition) is 3. The van der Waals surface area contributed by atoms with Crippen molar-refractivity contribution in [3.05, 3.63) is 127 Å². The van der Waals surface area contributed by atoms with Crippen molar-refractivity contribution in [1.82, 2.24) is 4.98 Å². The van der Waals surface area contributed by atoms with Crippen molar-refractivity contribution in [2.45, 2.75) is 5.60 Å². The Balaban J connectivity index is 1.57. The second kappa shape index (κ2) is 8.67. The Hall–Kier alpha value is -4.70. The molecule has 1 spiro atoms. The number of anilines is 2. The summed E-state index contributed by atoms with van der Waals surface area (Å²) in [5.41, 5.74) is 10.7. The smallest absolute Gasteiger partial charge is 0.188 e. The van der Waals surface area contributed by atoms with Crippen LogP contribution < -0.4 is 14.5 Å². The summed E-state index contributed by atoms with van der Waals surface area (Å²) >= 11 is 0. The second-order valence-electron chi connectivity index (χ2n) is 10.5. The number of rotatable bonds is 6. The number of para-hydroxylation sites is 2. The van der Waals surface area contributed by atoms with Crippen molar-refractivity contribution in [3.63, 3.8) is 0 Å². The highest BCUT2D eigenvalue weighted by Gasteiger charge is 2.52. The van der Waals surface area contributed by atoms with Crippen LogP contribution in [0.3, 0.4) is 0 Å². The molecule has 0 fully saturated rings. The van der Waals surface area contributed by atoms with Crippen LogP contribution in [0.25, 0.3) is 33.3 Å². The third-order valence-electron chi connectivity index (χ3n) is 8.22. The minimum Gasteiger partial charge on any atom is -0.472 e. The molecule has 0 radical (unpaired) electrons. The molecule has 4 aromatic carbocycles. The van der Waals surface area contributed by atoms with Crippen molar-refractivity contribution < 1.29 is 4.74 Å². The summed E-state index contributed by atoms with van der Waals surface area (Å²) in [4.78, 5) is 8.20. The van der Waals surface area contributed by atoms with E-state index < -0.39 is 5.60 Å². The van der Waals surface area contributed by atoms with E-state index in [1.165, 1.54) is 22.1 Å². The van der Waals surface area contributed by atoms with E-state index in [0.717, 1.165) is 58.1 Å². The minimum absolute atomic E-state index is 0.773. The van der Waals surface area contributed by atoms with Gasteiger partial charge in [-0.05, 0) is 53.6 Å². The third-order valence-corrected chi connectivity index (χ3v) is 8.22. The van der Waals surface area contributed by atoms with Crippen LogP contribution in [0.4, 0.5) is 11.4 Å². The van der Waals surface area contributed by atoms with Gasteiger partial charge in [0.25, 0.3) is 0 Å². The molecule has 2 aliphatic rings. The second-order valence-corrected chi connectivity index (χ2v) is 10.5. The molecule has 39 heavy (non-hydrogen) atoms. The number of aromatic amines is 1. The lowest BCUT2D eigenvalue weighted by Crippen LogP contribution is -2.36. The first-order valence-electron chi connectivity index (χ1n) is 13.4. The number of nitrogens with zero attached hydrogens (tertiary/aromatic N) is 2. The van der Waals surface area contributed by atoms with Crippen molar-refractivity contribution >= 4 is 22.3 Å². The molecule has 7 rings (SSSR count). The standard InChI is InChI=1S/C35H31N3O/c1-5-19-37(3)23-15-17-29-27(21-23)28-22-24(38(4)20-6-2)16-18-30(28)35(29)33-25-11-7-9-13-31(25)36-34(33)26-12-8-10-14-32(26)39-35/h5-18,21-22,36H,1-2,19-20H2,3-4H3. The molecular formula is C35H31N3O. The fraction of sp³-hybridized carbons (Fsp3) is 0.143. The number of hydrogen-bond donors (Lipinski definition) is 1. The zero-order chi connectivity index (χ0) is 26.7. The average molecular weight is 510 g/mol. The lowest BCUT2D eigenvalue weighted by atomic mass is 9.79. The molecule has 192 valence electrons. The summed E-state index contributed by atoms with van der Waals surface area (Å²) in [5, 5.41) is 1.18. The summed E-state index contributed by atoms with van der Waals surface area (Å²) in [5.74, 6) is 0.885. The summed E-state index contributed by atoms with van der Waals surface area (Å²) < 4.78 is 7.24. The fourth-order valence-electron chi connectivity index (χ4n) is 6.41. The van der Waals surface area contributed by atoms with Gasteiger partial charge in [0.2, 0.25) is 0 Å². The first kappa shape index (κ1) is 23.4. The van der Waals surface area contributed by atoms with Crippen LogP contribution in [-0.4, -0.2) is 32.2 Å². The molecule has 0 saturated heterocycles. The quantitative estimate of drug-likeness (QED) is 0.238. The molecule has 2 heterocycles. The van der Waals surface area contributed by atoms with Gasteiger partial charge in [0.05, 0.1) is 5.69 Å². The number of likely N-dealkylation sites (N-methyl/N-ethyl adjacent to an activating group) is 2. The van der Waals surface area contributed by atoms with Crippen LogP contribution in [0, 0.1) is 0 Å². The first-order chi connectivity index (χ1) is 19.1. The molecule has 0 bridgehead atoms. The van der Waals surface area contributed by atoms with Gasteiger partial charge in [-0.1, -0.05) is 54.6 Å². The Morgan fingerprint density at radius 3 is 1.97 bits per heavy atom. The molecule has 0 amide bonds. The average Bonchev–Trinajstić information content (AvgIpc) is 3.48. The normalized spacial score (nSPS) is 13.7. The molecule has 4 heteroatoms. The van der Waals surface area contributed by atoms with Crippen LogP contribution in [-0.2, 0) is 5.60 Å². The zero-order valence-electron chi connectivity index (χ0n) is 22.4. The number of aromatic nitrogens is 1. The van der Waals surface area contributed by atoms with Gasteiger partial charge in [-0.25, -0.2) is 0 Å². The minimum atomic E-state index is -0.779. The molecule has 5 aromatic rings. The molecule has 0 atom stereocenters. The van der Waals surface area contributed by atoms with Gasteiger partial charge in [-0.3, -0.25) is 0 Å². The molecular weight excluding hydrogens is 478 g/mol. The van der Waals surface area contributed by atoms with Gasteiger partial charge in [0.1, 0.15) is 5.75 Å². The summed E-state index contributed by atoms with van der Waals surface area (Å²) in [6.45, 7) is 9.43.